The SMILES string of the molecule is N#CC12CN(Cc3ccccc3)CC1CCO2. The smallest absolute Gasteiger partial charge is 0.170 e. The van der Waals surface area contributed by atoms with Crippen LogP contribution in [0.5, 0.6) is 0 Å². The van der Waals surface area contributed by atoms with Crippen LogP contribution in [0.2, 0.25) is 0 Å². The van der Waals surface area contributed by atoms with Gasteiger partial charge in [0.2, 0.25) is 0 Å². The Bertz CT molecular complexity index is 439. The van der Waals surface area contributed by atoms with Gasteiger partial charge in [-0.1, -0.05) is 30.3 Å². The minimum atomic E-state index is -0.519. The second kappa shape index (κ2) is 4.14. The summed E-state index contributed by atoms with van der Waals surface area (Å²) in [5, 5.41) is 9.31. The van der Waals surface area contributed by atoms with Crippen molar-refractivity contribution < 1.29 is 4.74 Å². The van der Waals surface area contributed by atoms with Crippen LogP contribution in [-0.2, 0) is 11.3 Å². The van der Waals surface area contributed by atoms with Gasteiger partial charge in [0, 0.05) is 32.2 Å². The van der Waals surface area contributed by atoms with E-state index in [4.69, 9.17) is 4.74 Å². The zero-order valence-corrected chi connectivity index (χ0v) is 9.80. The number of hydrogen-bond donors (Lipinski definition) is 0. The molecule has 2 fully saturated rings. The summed E-state index contributed by atoms with van der Waals surface area (Å²) in [6.45, 7) is 3.41. The molecule has 0 aromatic heterocycles. The van der Waals surface area contributed by atoms with Crippen molar-refractivity contribution in [1.82, 2.24) is 4.90 Å². The molecule has 1 aromatic carbocycles. The van der Waals surface area contributed by atoms with Crippen LogP contribution in [0.1, 0.15) is 12.0 Å². The van der Waals surface area contributed by atoms with Gasteiger partial charge in [0.1, 0.15) is 0 Å². The van der Waals surface area contributed by atoms with Gasteiger partial charge in [0.15, 0.2) is 5.60 Å². The third kappa shape index (κ3) is 1.84. The maximum atomic E-state index is 9.31. The minimum Gasteiger partial charge on any atom is -0.358 e. The predicted octanol–water partition coefficient (Wildman–Crippen LogP) is 1.80. The predicted molar refractivity (Wildman–Crippen MR) is 64.1 cm³/mol. The molecule has 0 spiro atoms. The molecule has 3 nitrogen and oxygen atoms in total. The third-order valence-corrected chi connectivity index (χ3v) is 3.86. The maximum Gasteiger partial charge on any atom is 0.170 e. The van der Waals surface area contributed by atoms with Gasteiger partial charge in [-0.3, -0.25) is 4.90 Å². The summed E-state index contributed by atoms with van der Waals surface area (Å²) in [6, 6.07) is 12.8. The number of ether oxygens (including phenoxy) is 1. The number of nitrogens with zero attached hydrogens (tertiary/aromatic N) is 2. The first-order valence-electron chi connectivity index (χ1n) is 6.14. The Labute approximate surface area is 102 Å². The van der Waals surface area contributed by atoms with Gasteiger partial charge in [-0.05, 0) is 12.0 Å². The molecule has 1 aromatic rings. The van der Waals surface area contributed by atoms with Crippen molar-refractivity contribution in [3.8, 4) is 6.07 Å². The van der Waals surface area contributed by atoms with E-state index in [2.05, 4.69) is 35.2 Å². The largest absolute Gasteiger partial charge is 0.358 e. The highest BCUT2D eigenvalue weighted by molar-refractivity contribution is 5.18. The van der Waals surface area contributed by atoms with Crippen LogP contribution in [0.4, 0.5) is 0 Å². The first-order chi connectivity index (χ1) is 8.32. The summed E-state index contributed by atoms with van der Waals surface area (Å²) >= 11 is 0. The lowest BCUT2D eigenvalue weighted by Crippen LogP contribution is -2.34. The molecule has 2 saturated heterocycles. The summed E-state index contributed by atoms with van der Waals surface area (Å²) < 4.78 is 5.68. The van der Waals surface area contributed by atoms with Crippen molar-refractivity contribution >= 4 is 0 Å². The topological polar surface area (TPSA) is 36.3 Å². The average molecular weight is 228 g/mol. The van der Waals surface area contributed by atoms with E-state index < -0.39 is 5.60 Å². The minimum absolute atomic E-state index is 0.399. The molecular weight excluding hydrogens is 212 g/mol. The van der Waals surface area contributed by atoms with Crippen LogP contribution in [0.25, 0.3) is 0 Å². The highest BCUT2D eigenvalue weighted by Crippen LogP contribution is 2.38. The number of fused-ring (bicyclic) bond motifs is 1. The standard InChI is InChI=1S/C14H16N2O/c15-10-14-11-16(9-13(14)6-7-17-14)8-12-4-2-1-3-5-12/h1-5,13H,6-9,11H2. The van der Waals surface area contributed by atoms with Gasteiger partial charge < -0.3 is 4.74 Å². The van der Waals surface area contributed by atoms with E-state index in [0.29, 0.717) is 5.92 Å². The van der Waals surface area contributed by atoms with E-state index in [1.54, 1.807) is 0 Å². The number of likely N-dealkylation sites (tertiary alicyclic amines) is 1. The molecule has 3 rings (SSSR count). The van der Waals surface area contributed by atoms with Gasteiger partial charge in [-0.25, -0.2) is 0 Å². The Kier molecular flexibility index (Phi) is 2.62. The van der Waals surface area contributed by atoms with Gasteiger partial charge >= 0.3 is 0 Å². The lowest BCUT2D eigenvalue weighted by molar-refractivity contribution is 0.0408. The van der Waals surface area contributed by atoms with Gasteiger partial charge in [0.05, 0.1) is 6.07 Å². The molecule has 0 radical (unpaired) electrons. The molecule has 2 aliphatic rings. The molecule has 0 saturated carbocycles. The van der Waals surface area contributed by atoms with Gasteiger partial charge in [0.25, 0.3) is 0 Å². The second-order valence-electron chi connectivity index (χ2n) is 4.99. The van der Waals surface area contributed by atoms with Crippen molar-refractivity contribution in [3.05, 3.63) is 35.9 Å². The molecule has 88 valence electrons. The molecule has 0 N–H and O–H groups in total. The van der Waals surface area contributed by atoms with Crippen LogP contribution in [-0.4, -0.2) is 30.2 Å². The fourth-order valence-corrected chi connectivity index (χ4v) is 2.98. The van der Waals surface area contributed by atoms with Crippen LogP contribution in [0, 0.1) is 17.2 Å². The number of nitriles is 1. The Morgan fingerprint density at radius 3 is 2.94 bits per heavy atom. The number of benzene rings is 1. The van der Waals surface area contributed by atoms with Crippen molar-refractivity contribution in [2.45, 2.75) is 18.6 Å². The first kappa shape index (κ1) is 10.8. The quantitative estimate of drug-likeness (QED) is 0.774. The van der Waals surface area contributed by atoms with Crippen LogP contribution in [0.3, 0.4) is 0 Å². The maximum absolute atomic E-state index is 9.31. The van der Waals surface area contributed by atoms with E-state index in [1.807, 2.05) is 6.07 Å². The summed E-state index contributed by atoms with van der Waals surface area (Å²) in [5.74, 6) is 0.399. The fourth-order valence-electron chi connectivity index (χ4n) is 2.98. The van der Waals surface area contributed by atoms with E-state index in [9.17, 15) is 5.26 Å². The Morgan fingerprint density at radius 2 is 2.24 bits per heavy atom. The molecule has 0 amide bonds. The molecule has 3 heteroatoms. The lowest BCUT2D eigenvalue weighted by atomic mass is 9.93. The third-order valence-electron chi connectivity index (χ3n) is 3.86. The summed E-state index contributed by atoms with van der Waals surface area (Å²) in [6.07, 6.45) is 1.03. The molecule has 2 atom stereocenters. The highest BCUT2D eigenvalue weighted by Gasteiger charge is 2.51. The molecular formula is C14H16N2O. The molecule has 0 bridgehead atoms. The van der Waals surface area contributed by atoms with E-state index in [-0.39, 0.29) is 0 Å². The van der Waals surface area contributed by atoms with Crippen molar-refractivity contribution in [2.24, 2.45) is 5.92 Å². The Balaban J connectivity index is 1.71. The van der Waals surface area contributed by atoms with E-state index in [1.165, 1.54) is 5.56 Å². The van der Waals surface area contributed by atoms with Crippen molar-refractivity contribution in [1.29, 1.82) is 5.26 Å². The Morgan fingerprint density at radius 1 is 1.41 bits per heavy atom. The summed E-state index contributed by atoms with van der Waals surface area (Å²) in [7, 11) is 0. The number of rotatable bonds is 2. The summed E-state index contributed by atoms with van der Waals surface area (Å²) in [5.41, 5.74) is 0.787. The normalized spacial score (nSPS) is 32.3. The zero-order valence-electron chi connectivity index (χ0n) is 9.80. The van der Waals surface area contributed by atoms with Crippen LogP contribution >= 0.6 is 0 Å². The Hall–Kier alpha value is -1.37. The number of hydrogen-bond acceptors (Lipinski definition) is 3. The first-order valence-corrected chi connectivity index (χ1v) is 6.14. The van der Waals surface area contributed by atoms with Crippen LogP contribution in [0.15, 0.2) is 30.3 Å². The fraction of sp³-hybridized carbons (Fsp3) is 0.500. The average Bonchev–Trinajstić information content (AvgIpc) is 2.87. The monoisotopic (exact) mass is 228 g/mol. The van der Waals surface area contributed by atoms with E-state index >= 15 is 0 Å². The zero-order chi connectivity index (χ0) is 11.7. The molecule has 2 unspecified atom stereocenters. The van der Waals surface area contributed by atoms with E-state index in [0.717, 1.165) is 32.7 Å². The van der Waals surface area contributed by atoms with Crippen molar-refractivity contribution in [3.63, 3.8) is 0 Å². The van der Waals surface area contributed by atoms with Gasteiger partial charge in [-0.2, -0.15) is 5.26 Å². The van der Waals surface area contributed by atoms with Crippen LogP contribution < -0.4 is 0 Å². The molecule has 17 heavy (non-hydrogen) atoms. The molecule has 2 aliphatic heterocycles. The highest BCUT2D eigenvalue weighted by atomic mass is 16.5. The summed E-state index contributed by atoms with van der Waals surface area (Å²) in [4.78, 5) is 2.34. The molecule has 0 aliphatic carbocycles. The second-order valence-corrected chi connectivity index (χ2v) is 4.99. The lowest BCUT2D eigenvalue weighted by Gasteiger charge is -2.20. The molecule has 2 heterocycles. The van der Waals surface area contributed by atoms with Gasteiger partial charge in [-0.15, -0.1) is 0 Å². The van der Waals surface area contributed by atoms with Crippen molar-refractivity contribution in [2.75, 3.05) is 19.7 Å².